The molecule has 1 N–H and O–H groups in total. The molecule has 1 saturated heterocycles. The molecule has 1 aliphatic rings. The van der Waals surface area contributed by atoms with E-state index < -0.39 is 6.04 Å². The number of ether oxygens (including phenoxy) is 1. The van der Waals surface area contributed by atoms with Crippen LogP contribution in [0.1, 0.15) is 6.92 Å². The van der Waals surface area contributed by atoms with E-state index in [0.29, 0.717) is 13.2 Å². The average Bonchev–Trinajstić information content (AvgIpc) is 2.40. The topological polar surface area (TPSA) is 58.6 Å². The smallest absolute Gasteiger partial charge is 0.242 e. The SMILES string of the molecule is CC1C(=O)NCC(=O)N1CCOc1ccc(Br)cc1. The fraction of sp³-hybridized carbons (Fsp3) is 0.385. The fourth-order valence-corrected chi connectivity index (χ4v) is 2.14. The summed E-state index contributed by atoms with van der Waals surface area (Å²) in [6.07, 6.45) is 0. The molecule has 1 atom stereocenters. The second-order valence-electron chi connectivity index (χ2n) is 4.28. The molecule has 1 aromatic carbocycles. The van der Waals surface area contributed by atoms with E-state index in [1.807, 2.05) is 24.3 Å². The number of benzene rings is 1. The Morgan fingerprint density at radius 3 is 2.74 bits per heavy atom. The normalized spacial score (nSPS) is 19.3. The molecular formula is C13H15BrN2O3. The van der Waals surface area contributed by atoms with Crippen molar-refractivity contribution in [2.75, 3.05) is 19.7 Å². The lowest BCUT2D eigenvalue weighted by Crippen LogP contribution is -2.57. The van der Waals surface area contributed by atoms with Crippen molar-refractivity contribution < 1.29 is 14.3 Å². The Balaban J connectivity index is 1.86. The first-order valence-corrected chi connectivity index (χ1v) is 6.83. The molecule has 0 aromatic heterocycles. The summed E-state index contributed by atoms with van der Waals surface area (Å²) in [6.45, 7) is 2.56. The summed E-state index contributed by atoms with van der Waals surface area (Å²) in [5, 5.41) is 2.55. The maximum absolute atomic E-state index is 11.7. The van der Waals surface area contributed by atoms with E-state index in [2.05, 4.69) is 21.2 Å². The van der Waals surface area contributed by atoms with Gasteiger partial charge in [0.1, 0.15) is 18.4 Å². The lowest BCUT2D eigenvalue weighted by molar-refractivity contribution is -0.145. The number of nitrogens with one attached hydrogen (secondary N) is 1. The van der Waals surface area contributed by atoms with Crippen LogP contribution in [0.25, 0.3) is 0 Å². The Kier molecular flexibility index (Phi) is 4.42. The van der Waals surface area contributed by atoms with Crippen LogP contribution >= 0.6 is 15.9 Å². The molecule has 2 amide bonds. The molecular weight excluding hydrogens is 312 g/mol. The van der Waals surface area contributed by atoms with Crippen molar-refractivity contribution in [1.82, 2.24) is 10.2 Å². The number of carbonyl (C=O) groups is 2. The van der Waals surface area contributed by atoms with Gasteiger partial charge in [0.15, 0.2) is 0 Å². The van der Waals surface area contributed by atoms with Crippen molar-refractivity contribution in [3.05, 3.63) is 28.7 Å². The number of carbonyl (C=O) groups excluding carboxylic acids is 2. The van der Waals surface area contributed by atoms with Gasteiger partial charge in [-0.3, -0.25) is 9.59 Å². The Morgan fingerprint density at radius 1 is 1.37 bits per heavy atom. The summed E-state index contributed by atoms with van der Waals surface area (Å²) in [5.41, 5.74) is 0. The Morgan fingerprint density at radius 2 is 2.05 bits per heavy atom. The lowest BCUT2D eigenvalue weighted by Gasteiger charge is -2.32. The molecule has 0 spiro atoms. The molecule has 0 bridgehead atoms. The van der Waals surface area contributed by atoms with Crippen LogP contribution in [0.2, 0.25) is 0 Å². The molecule has 0 radical (unpaired) electrons. The first-order valence-electron chi connectivity index (χ1n) is 6.03. The van der Waals surface area contributed by atoms with Crippen molar-refractivity contribution in [2.45, 2.75) is 13.0 Å². The molecule has 5 nitrogen and oxygen atoms in total. The monoisotopic (exact) mass is 326 g/mol. The molecule has 2 rings (SSSR count). The summed E-state index contributed by atoms with van der Waals surface area (Å²) < 4.78 is 6.53. The number of hydrogen-bond donors (Lipinski definition) is 1. The summed E-state index contributed by atoms with van der Waals surface area (Å²) in [7, 11) is 0. The van der Waals surface area contributed by atoms with Gasteiger partial charge >= 0.3 is 0 Å². The highest BCUT2D eigenvalue weighted by molar-refractivity contribution is 9.10. The molecule has 1 unspecified atom stereocenters. The van der Waals surface area contributed by atoms with Crippen molar-refractivity contribution in [3.63, 3.8) is 0 Å². The van der Waals surface area contributed by atoms with Crippen LogP contribution in [0.3, 0.4) is 0 Å². The predicted molar refractivity (Wildman–Crippen MR) is 73.8 cm³/mol. The van der Waals surface area contributed by atoms with E-state index in [0.717, 1.165) is 10.2 Å². The second-order valence-corrected chi connectivity index (χ2v) is 5.20. The summed E-state index contributed by atoms with van der Waals surface area (Å²) >= 11 is 3.35. The highest BCUT2D eigenvalue weighted by Gasteiger charge is 2.30. The molecule has 0 saturated carbocycles. The summed E-state index contributed by atoms with van der Waals surface area (Å²) in [5.74, 6) is 0.541. The molecule has 1 aliphatic heterocycles. The molecule has 0 aliphatic carbocycles. The van der Waals surface area contributed by atoms with Crippen LogP contribution in [0.5, 0.6) is 5.75 Å². The van der Waals surface area contributed by atoms with E-state index in [4.69, 9.17) is 4.74 Å². The van der Waals surface area contributed by atoms with E-state index in [9.17, 15) is 9.59 Å². The molecule has 6 heteroatoms. The van der Waals surface area contributed by atoms with Crippen molar-refractivity contribution >= 4 is 27.7 Å². The quantitative estimate of drug-likeness (QED) is 0.903. The molecule has 102 valence electrons. The van der Waals surface area contributed by atoms with Crippen LogP contribution < -0.4 is 10.1 Å². The van der Waals surface area contributed by atoms with E-state index in [1.165, 1.54) is 4.90 Å². The van der Waals surface area contributed by atoms with Crippen LogP contribution in [0, 0.1) is 0 Å². The maximum Gasteiger partial charge on any atom is 0.242 e. The number of nitrogens with zero attached hydrogens (tertiary/aromatic N) is 1. The average molecular weight is 327 g/mol. The van der Waals surface area contributed by atoms with Gasteiger partial charge in [0.05, 0.1) is 13.1 Å². The molecule has 19 heavy (non-hydrogen) atoms. The van der Waals surface area contributed by atoms with Gasteiger partial charge in [-0.1, -0.05) is 15.9 Å². The zero-order valence-corrected chi connectivity index (χ0v) is 12.1. The fourth-order valence-electron chi connectivity index (χ4n) is 1.88. The minimum atomic E-state index is -0.435. The Labute approximate surface area is 120 Å². The molecule has 1 aromatic rings. The van der Waals surface area contributed by atoms with Crippen molar-refractivity contribution in [3.8, 4) is 5.75 Å². The van der Waals surface area contributed by atoms with Gasteiger partial charge in [0.2, 0.25) is 11.8 Å². The third kappa shape index (κ3) is 3.47. The van der Waals surface area contributed by atoms with Crippen molar-refractivity contribution in [2.24, 2.45) is 0 Å². The highest BCUT2D eigenvalue weighted by Crippen LogP contribution is 2.16. The van der Waals surface area contributed by atoms with Crippen LogP contribution in [0.15, 0.2) is 28.7 Å². The molecule has 1 heterocycles. The number of amides is 2. The van der Waals surface area contributed by atoms with Crippen LogP contribution in [0.4, 0.5) is 0 Å². The number of piperazine rings is 1. The highest BCUT2D eigenvalue weighted by atomic mass is 79.9. The minimum Gasteiger partial charge on any atom is -0.492 e. The Hall–Kier alpha value is -1.56. The first kappa shape index (κ1) is 13.9. The minimum absolute atomic E-state index is 0.0709. The van der Waals surface area contributed by atoms with Gasteiger partial charge in [-0.05, 0) is 31.2 Å². The predicted octanol–water partition coefficient (Wildman–Crippen LogP) is 1.17. The summed E-state index contributed by atoms with van der Waals surface area (Å²) in [6, 6.07) is 7.03. The zero-order valence-electron chi connectivity index (χ0n) is 10.6. The maximum atomic E-state index is 11.7. The van der Waals surface area contributed by atoms with Gasteiger partial charge in [0, 0.05) is 4.47 Å². The lowest BCUT2D eigenvalue weighted by atomic mass is 10.2. The van der Waals surface area contributed by atoms with E-state index >= 15 is 0 Å². The van der Waals surface area contributed by atoms with Crippen molar-refractivity contribution in [1.29, 1.82) is 0 Å². The standard InChI is InChI=1S/C13H15BrN2O3/c1-9-13(18)15-8-12(17)16(9)6-7-19-11-4-2-10(14)3-5-11/h2-5,9H,6-8H2,1H3,(H,15,18). The summed E-state index contributed by atoms with van der Waals surface area (Å²) in [4.78, 5) is 24.7. The van der Waals surface area contributed by atoms with Gasteiger partial charge in [-0.2, -0.15) is 0 Å². The third-order valence-electron chi connectivity index (χ3n) is 3.00. The third-order valence-corrected chi connectivity index (χ3v) is 3.52. The van der Waals surface area contributed by atoms with Gasteiger partial charge < -0.3 is 15.0 Å². The molecule has 1 fully saturated rings. The largest absolute Gasteiger partial charge is 0.492 e. The van der Waals surface area contributed by atoms with Crippen LogP contribution in [-0.2, 0) is 9.59 Å². The first-order chi connectivity index (χ1) is 9.08. The second kappa shape index (κ2) is 6.06. The van der Waals surface area contributed by atoms with Crippen LogP contribution in [-0.4, -0.2) is 42.5 Å². The van der Waals surface area contributed by atoms with E-state index in [1.54, 1.807) is 6.92 Å². The zero-order chi connectivity index (χ0) is 13.8. The van der Waals surface area contributed by atoms with Gasteiger partial charge in [-0.25, -0.2) is 0 Å². The Bertz CT molecular complexity index is 475. The van der Waals surface area contributed by atoms with Gasteiger partial charge in [0.25, 0.3) is 0 Å². The number of hydrogen-bond acceptors (Lipinski definition) is 3. The number of halogens is 1. The number of rotatable bonds is 4. The van der Waals surface area contributed by atoms with E-state index in [-0.39, 0.29) is 18.4 Å². The van der Waals surface area contributed by atoms with Gasteiger partial charge in [-0.15, -0.1) is 0 Å².